The van der Waals surface area contributed by atoms with Gasteiger partial charge in [0.05, 0.1) is 24.0 Å². The summed E-state index contributed by atoms with van der Waals surface area (Å²) in [6.07, 6.45) is 3.64. The number of hydrogen-bond acceptors (Lipinski definition) is 4. The first-order valence-corrected chi connectivity index (χ1v) is 6.43. The van der Waals surface area contributed by atoms with Crippen molar-refractivity contribution < 1.29 is 4.74 Å². The second-order valence-corrected chi connectivity index (χ2v) is 4.64. The van der Waals surface area contributed by atoms with Crippen molar-refractivity contribution in [3.63, 3.8) is 0 Å². The SMILES string of the molecule is Cc1cccnc1CNc1cccnc1OC(C)C. The van der Waals surface area contributed by atoms with Crippen LogP contribution in [0.25, 0.3) is 0 Å². The number of ether oxygens (including phenoxy) is 1. The van der Waals surface area contributed by atoms with Crippen molar-refractivity contribution in [2.45, 2.75) is 33.4 Å². The third-order valence-corrected chi connectivity index (χ3v) is 2.68. The van der Waals surface area contributed by atoms with E-state index in [0.717, 1.165) is 11.4 Å². The molecular formula is C15H19N3O. The zero-order valence-electron chi connectivity index (χ0n) is 11.6. The number of anilines is 1. The lowest BCUT2D eigenvalue weighted by atomic mass is 10.2. The number of rotatable bonds is 5. The molecule has 0 amide bonds. The molecule has 19 heavy (non-hydrogen) atoms. The average Bonchev–Trinajstić information content (AvgIpc) is 2.39. The summed E-state index contributed by atoms with van der Waals surface area (Å²) in [4.78, 5) is 8.61. The standard InChI is InChI=1S/C15H19N3O/c1-11(2)19-15-13(7-5-9-17-15)18-10-14-12(3)6-4-8-16-14/h4-9,11,18H,10H2,1-3H3. The van der Waals surface area contributed by atoms with E-state index in [1.54, 1.807) is 12.4 Å². The molecule has 2 heterocycles. The first-order chi connectivity index (χ1) is 9.16. The van der Waals surface area contributed by atoms with Gasteiger partial charge in [0.15, 0.2) is 0 Å². The van der Waals surface area contributed by atoms with Crippen LogP contribution < -0.4 is 10.1 Å². The van der Waals surface area contributed by atoms with Crippen LogP contribution in [0.4, 0.5) is 5.69 Å². The molecule has 0 aromatic carbocycles. The van der Waals surface area contributed by atoms with Gasteiger partial charge in [-0.15, -0.1) is 0 Å². The van der Waals surface area contributed by atoms with Crippen LogP contribution >= 0.6 is 0 Å². The number of hydrogen-bond donors (Lipinski definition) is 1. The first kappa shape index (κ1) is 13.3. The molecule has 2 aromatic rings. The maximum atomic E-state index is 5.67. The third kappa shape index (κ3) is 3.68. The molecule has 4 heteroatoms. The van der Waals surface area contributed by atoms with Crippen LogP contribution in [0.3, 0.4) is 0 Å². The highest BCUT2D eigenvalue weighted by atomic mass is 16.5. The van der Waals surface area contributed by atoms with Gasteiger partial charge < -0.3 is 10.1 Å². The highest BCUT2D eigenvalue weighted by Gasteiger charge is 2.07. The van der Waals surface area contributed by atoms with Gasteiger partial charge in [-0.3, -0.25) is 4.98 Å². The van der Waals surface area contributed by atoms with Crippen molar-refractivity contribution in [2.75, 3.05) is 5.32 Å². The normalized spacial score (nSPS) is 10.5. The molecule has 0 fully saturated rings. The number of pyridine rings is 2. The minimum atomic E-state index is 0.104. The highest BCUT2D eigenvalue weighted by Crippen LogP contribution is 2.22. The van der Waals surface area contributed by atoms with Gasteiger partial charge in [-0.2, -0.15) is 0 Å². The minimum Gasteiger partial charge on any atom is -0.473 e. The second-order valence-electron chi connectivity index (χ2n) is 4.64. The fourth-order valence-electron chi connectivity index (χ4n) is 1.72. The minimum absolute atomic E-state index is 0.104. The fourth-order valence-corrected chi connectivity index (χ4v) is 1.72. The maximum absolute atomic E-state index is 5.67. The molecule has 0 spiro atoms. The average molecular weight is 257 g/mol. The Kier molecular flexibility index (Phi) is 4.34. The predicted octanol–water partition coefficient (Wildman–Crippen LogP) is 3.18. The highest BCUT2D eigenvalue weighted by molar-refractivity contribution is 5.52. The molecule has 0 aliphatic rings. The monoisotopic (exact) mass is 257 g/mol. The maximum Gasteiger partial charge on any atom is 0.237 e. The molecule has 0 saturated heterocycles. The summed E-state index contributed by atoms with van der Waals surface area (Å²) in [5, 5.41) is 3.33. The number of nitrogens with one attached hydrogen (secondary N) is 1. The van der Waals surface area contributed by atoms with Gasteiger partial charge in [-0.05, 0) is 44.5 Å². The van der Waals surface area contributed by atoms with Crippen LogP contribution in [0.15, 0.2) is 36.7 Å². The molecule has 0 saturated carbocycles. The van der Waals surface area contributed by atoms with Gasteiger partial charge in [0.25, 0.3) is 0 Å². The van der Waals surface area contributed by atoms with E-state index in [0.29, 0.717) is 12.4 Å². The molecule has 0 aliphatic carbocycles. The molecule has 0 atom stereocenters. The van der Waals surface area contributed by atoms with E-state index >= 15 is 0 Å². The van der Waals surface area contributed by atoms with Crippen LogP contribution in [0.5, 0.6) is 5.88 Å². The fraction of sp³-hybridized carbons (Fsp3) is 0.333. The molecule has 100 valence electrons. The van der Waals surface area contributed by atoms with E-state index in [-0.39, 0.29) is 6.10 Å². The quantitative estimate of drug-likeness (QED) is 0.893. The second kappa shape index (κ2) is 6.18. The van der Waals surface area contributed by atoms with Gasteiger partial charge in [-0.25, -0.2) is 4.98 Å². The van der Waals surface area contributed by atoms with Gasteiger partial charge >= 0.3 is 0 Å². The van der Waals surface area contributed by atoms with Gasteiger partial charge in [0, 0.05) is 12.4 Å². The molecule has 0 unspecified atom stereocenters. The summed E-state index contributed by atoms with van der Waals surface area (Å²) in [5.41, 5.74) is 3.09. The lowest BCUT2D eigenvalue weighted by Gasteiger charge is -2.14. The molecule has 0 aliphatic heterocycles. The van der Waals surface area contributed by atoms with E-state index < -0.39 is 0 Å². The Morgan fingerprint density at radius 3 is 2.63 bits per heavy atom. The Morgan fingerprint density at radius 2 is 1.89 bits per heavy atom. The van der Waals surface area contributed by atoms with Crippen LogP contribution in [-0.4, -0.2) is 16.1 Å². The van der Waals surface area contributed by atoms with Crippen molar-refractivity contribution in [1.29, 1.82) is 0 Å². The van der Waals surface area contributed by atoms with Crippen LogP contribution in [-0.2, 0) is 6.54 Å². The lowest BCUT2D eigenvalue weighted by Crippen LogP contribution is -2.10. The Bertz CT molecular complexity index is 540. The first-order valence-electron chi connectivity index (χ1n) is 6.43. The Labute approximate surface area is 113 Å². The number of aromatic nitrogens is 2. The summed E-state index contributed by atoms with van der Waals surface area (Å²) >= 11 is 0. The van der Waals surface area contributed by atoms with Crippen LogP contribution in [0.1, 0.15) is 25.1 Å². The molecule has 2 aromatic heterocycles. The molecule has 2 rings (SSSR count). The van der Waals surface area contributed by atoms with E-state index in [4.69, 9.17) is 4.74 Å². The van der Waals surface area contributed by atoms with Crippen molar-refractivity contribution >= 4 is 5.69 Å². The largest absolute Gasteiger partial charge is 0.473 e. The Morgan fingerprint density at radius 1 is 1.16 bits per heavy atom. The summed E-state index contributed by atoms with van der Waals surface area (Å²) in [6, 6.07) is 7.85. The predicted molar refractivity (Wildman–Crippen MR) is 76.3 cm³/mol. The van der Waals surface area contributed by atoms with E-state index in [1.807, 2.05) is 32.0 Å². The topological polar surface area (TPSA) is 47.0 Å². The smallest absolute Gasteiger partial charge is 0.237 e. The summed E-state index contributed by atoms with van der Waals surface area (Å²) in [7, 11) is 0. The van der Waals surface area contributed by atoms with Crippen LogP contribution in [0.2, 0.25) is 0 Å². The van der Waals surface area contributed by atoms with Crippen molar-refractivity contribution in [2.24, 2.45) is 0 Å². The summed E-state index contributed by atoms with van der Waals surface area (Å²) in [5.74, 6) is 0.631. The van der Waals surface area contributed by atoms with Gasteiger partial charge in [0.2, 0.25) is 5.88 Å². The van der Waals surface area contributed by atoms with Crippen molar-refractivity contribution in [3.05, 3.63) is 47.9 Å². The molecule has 0 radical (unpaired) electrons. The molecule has 0 bridgehead atoms. The third-order valence-electron chi connectivity index (χ3n) is 2.68. The number of nitrogens with zero attached hydrogens (tertiary/aromatic N) is 2. The Hall–Kier alpha value is -2.10. The zero-order valence-corrected chi connectivity index (χ0v) is 11.6. The summed E-state index contributed by atoms with van der Waals surface area (Å²) in [6.45, 7) is 6.69. The van der Waals surface area contributed by atoms with Gasteiger partial charge in [-0.1, -0.05) is 6.07 Å². The Balaban J connectivity index is 2.09. The zero-order chi connectivity index (χ0) is 13.7. The molecule has 1 N–H and O–H groups in total. The van der Waals surface area contributed by atoms with Crippen LogP contribution in [0, 0.1) is 6.92 Å². The molecular weight excluding hydrogens is 238 g/mol. The van der Waals surface area contributed by atoms with Crippen molar-refractivity contribution in [1.82, 2.24) is 9.97 Å². The number of aryl methyl sites for hydroxylation is 1. The van der Waals surface area contributed by atoms with Crippen molar-refractivity contribution in [3.8, 4) is 5.88 Å². The lowest BCUT2D eigenvalue weighted by molar-refractivity contribution is 0.234. The van der Waals surface area contributed by atoms with Gasteiger partial charge in [0.1, 0.15) is 0 Å². The van der Waals surface area contributed by atoms with E-state index in [9.17, 15) is 0 Å². The van der Waals surface area contributed by atoms with E-state index in [2.05, 4.69) is 28.3 Å². The summed E-state index contributed by atoms with van der Waals surface area (Å²) < 4.78 is 5.67. The van der Waals surface area contributed by atoms with E-state index in [1.165, 1.54) is 5.56 Å². The molecule has 4 nitrogen and oxygen atoms in total.